The molecule has 2 heterocycles. The van der Waals surface area contributed by atoms with Gasteiger partial charge in [-0.2, -0.15) is 9.78 Å². The van der Waals surface area contributed by atoms with E-state index < -0.39 is 0 Å². The number of halogens is 1. The second-order valence-electron chi connectivity index (χ2n) is 5.57. The summed E-state index contributed by atoms with van der Waals surface area (Å²) in [5.41, 5.74) is 2.02. The van der Waals surface area contributed by atoms with Crippen LogP contribution in [0.15, 0.2) is 28.5 Å². The fourth-order valence-corrected chi connectivity index (χ4v) is 3.47. The standard InChI is InChI=1S/C17H22N4O2S.BrH/c1-4-5-6-7-16-18-19-17-21(16)20-13(11-24-17)12-8-9-14(22-2)15(10-12)23-3;/h8-10H,4-7,11H2,1-3H3;1H. The molecule has 1 aliphatic rings. The zero-order valence-corrected chi connectivity index (χ0v) is 17.2. The van der Waals surface area contributed by atoms with Gasteiger partial charge in [-0.1, -0.05) is 31.5 Å². The van der Waals surface area contributed by atoms with Gasteiger partial charge in [0.25, 0.3) is 0 Å². The van der Waals surface area contributed by atoms with Crippen LogP contribution in [0.3, 0.4) is 0 Å². The summed E-state index contributed by atoms with van der Waals surface area (Å²) in [6.07, 6.45) is 4.40. The molecule has 0 saturated carbocycles. The molecule has 0 N–H and O–H groups in total. The van der Waals surface area contributed by atoms with Gasteiger partial charge in [0.2, 0.25) is 5.16 Å². The number of rotatable bonds is 7. The number of hydrogen-bond acceptors (Lipinski definition) is 6. The highest BCUT2D eigenvalue weighted by molar-refractivity contribution is 8.93. The number of thioether (sulfide) groups is 1. The lowest BCUT2D eigenvalue weighted by Gasteiger charge is -2.15. The van der Waals surface area contributed by atoms with Crippen molar-refractivity contribution in [2.24, 2.45) is 5.10 Å². The van der Waals surface area contributed by atoms with E-state index in [-0.39, 0.29) is 17.0 Å². The van der Waals surface area contributed by atoms with Crippen molar-refractivity contribution in [3.05, 3.63) is 29.6 Å². The highest BCUT2D eigenvalue weighted by atomic mass is 79.9. The number of nitrogens with zero attached hydrogens (tertiary/aromatic N) is 4. The zero-order valence-electron chi connectivity index (χ0n) is 14.7. The lowest BCUT2D eigenvalue weighted by atomic mass is 10.1. The van der Waals surface area contributed by atoms with Gasteiger partial charge in [-0.05, 0) is 24.6 Å². The molecule has 0 fully saturated rings. The van der Waals surface area contributed by atoms with E-state index in [2.05, 4.69) is 17.1 Å². The summed E-state index contributed by atoms with van der Waals surface area (Å²) in [5.74, 6) is 3.13. The van der Waals surface area contributed by atoms with Gasteiger partial charge in [-0.15, -0.1) is 27.2 Å². The van der Waals surface area contributed by atoms with Gasteiger partial charge in [0.1, 0.15) is 0 Å². The van der Waals surface area contributed by atoms with Crippen molar-refractivity contribution >= 4 is 34.5 Å². The van der Waals surface area contributed by atoms with Gasteiger partial charge in [-0.3, -0.25) is 0 Å². The predicted molar refractivity (Wildman–Crippen MR) is 106 cm³/mol. The number of ether oxygens (including phenoxy) is 2. The third-order valence-electron chi connectivity index (χ3n) is 3.96. The van der Waals surface area contributed by atoms with Crippen LogP contribution in [-0.2, 0) is 6.42 Å². The van der Waals surface area contributed by atoms with Crippen LogP contribution in [0.2, 0.25) is 0 Å². The largest absolute Gasteiger partial charge is 0.493 e. The van der Waals surface area contributed by atoms with Gasteiger partial charge < -0.3 is 9.47 Å². The van der Waals surface area contributed by atoms with Gasteiger partial charge in [0.05, 0.1) is 19.9 Å². The smallest absolute Gasteiger partial charge is 0.212 e. The Morgan fingerprint density at radius 3 is 2.64 bits per heavy atom. The maximum Gasteiger partial charge on any atom is 0.212 e. The van der Waals surface area contributed by atoms with Gasteiger partial charge >= 0.3 is 0 Å². The first kappa shape index (κ1) is 19.8. The Bertz CT molecular complexity index is 748. The van der Waals surface area contributed by atoms with Crippen LogP contribution in [0.5, 0.6) is 11.5 Å². The van der Waals surface area contributed by atoms with E-state index in [0.717, 1.165) is 46.6 Å². The molecule has 25 heavy (non-hydrogen) atoms. The average molecular weight is 427 g/mol. The molecule has 0 atom stereocenters. The molecule has 0 radical (unpaired) electrons. The molecular weight excluding hydrogens is 404 g/mol. The number of aryl methyl sites for hydroxylation is 1. The summed E-state index contributed by atoms with van der Waals surface area (Å²) in [7, 11) is 3.28. The molecule has 1 aromatic carbocycles. The molecule has 0 aliphatic carbocycles. The minimum absolute atomic E-state index is 0. The zero-order chi connectivity index (χ0) is 16.9. The summed E-state index contributed by atoms with van der Waals surface area (Å²) in [6.45, 7) is 2.20. The van der Waals surface area contributed by atoms with Crippen LogP contribution in [-0.4, -0.2) is 40.6 Å². The van der Waals surface area contributed by atoms with Crippen LogP contribution >= 0.6 is 28.7 Å². The molecule has 6 nitrogen and oxygen atoms in total. The molecule has 3 rings (SSSR count). The molecular formula is C17H23BrN4O2S. The summed E-state index contributed by atoms with van der Waals surface area (Å²) in [5, 5.41) is 14.2. The summed E-state index contributed by atoms with van der Waals surface area (Å²) in [6, 6.07) is 5.88. The first-order valence-electron chi connectivity index (χ1n) is 8.14. The molecule has 0 spiro atoms. The third kappa shape index (κ3) is 4.36. The van der Waals surface area contributed by atoms with Crippen molar-refractivity contribution in [3.8, 4) is 11.5 Å². The SMILES string of the molecule is Br.CCCCCc1nnc2n1N=C(c1ccc(OC)c(OC)c1)CS2. The molecule has 1 aliphatic heterocycles. The number of unbranched alkanes of at least 4 members (excludes halogenated alkanes) is 2. The molecule has 0 amide bonds. The van der Waals surface area contributed by atoms with E-state index >= 15 is 0 Å². The minimum Gasteiger partial charge on any atom is -0.493 e. The number of benzene rings is 1. The Hall–Kier alpha value is -1.54. The molecule has 1 aromatic heterocycles. The lowest BCUT2D eigenvalue weighted by Crippen LogP contribution is -2.15. The predicted octanol–water partition coefficient (Wildman–Crippen LogP) is 3.96. The maximum atomic E-state index is 5.39. The van der Waals surface area contributed by atoms with Crippen molar-refractivity contribution in [2.45, 2.75) is 37.8 Å². The fourth-order valence-electron chi connectivity index (χ4n) is 2.61. The summed E-state index contributed by atoms with van der Waals surface area (Å²) >= 11 is 1.66. The van der Waals surface area contributed by atoms with Crippen LogP contribution < -0.4 is 9.47 Å². The van der Waals surface area contributed by atoms with Crippen LogP contribution in [0.4, 0.5) is 0 Å². The van der Waals surface area contributed by atoms with Gasteiger partial charge in [0, 0.05) is 17.7 Å². The third-order valence-corrected chi connectivity index (χ3v) is 4.89. The Kier molecular flexibility index (Phi) is 7.31. The van der Waals surface area contributed by atoms with E-state index in [9.17, 15) is 0 Å². The second-order valence-corrected chi connectivity index (χ2v) is 6.52. The molecule has 0 unspecified atom stereocenters. The monoisotopic (exact) mass is 426 g/mol. The Morgan fingerprint density at radius 2 is 1.92 bits per heavy atom. The van der Waals surface area contributed by atoms with E-state index in [4.69, 9.17) is 14.6 Å². The van der Waals surface area contributed by atoms with Crippen molar-refractivity contribution in [1.82, 2.24) is 14.9 Å². The first-order chi connectivity index (χ1) is 11.8. The molecule has 2 aromatic rings. The Labute approximate surface area is 162 Å². The van der Waals surface area contributed by atoms with Gasteiger partial charge in [-0.25, -0.2) is 0 Å². The van der Waals surface area contributed by atoms with E-state index in [1.54, 1.807) is 26.0 Å². The maximum absolute atomic E-state index is 5.39. The highest BCUT2D eigenvalue weighted by Crippen LogP contribution is 2.30. The van der Waals surface area contributed by atoms with Crippen molar-refractivity contribution < 1.29 is 9.47 Å². The summed E-state index contributed by atoms with van der Waals surface area (Å²) in [4.78, 5) is 0. The van der Waals surface area contributed by atoms with Gasteiger partial charge in [0.15, 0.2) is 17.3 Å². The van der Waals surface area contributed by atoms with E-state index in [1.165, 1.54) is 12.8 Å². The number of hydrogen-bond donors (Lipinski definition) is 0. The van der Waals surface area contributed by atoms with E-state index in [0.29, 0.717) is 5.75 Å². The van der Waals surface area contributed by atoms with Crippen molar-refractivity contribution in [3.63, 3.8) is 0 Å². The lowest BCUT2D eigenvalue weighted by molar-refractivity contribution is 0.355. The molecule has 136 valence electrons. The van der Waals surface area contributed by atoms with Crippen LogP contribution in [0, 0.1) is 0 Å². The summed E-state index contributed by atoms with van der Waals surface area (Å²) < 4.78 is 12.6. The fraction of sp³-hybridized carbons (Fsp3) is 0.471. The molecule has 0 bridgehead atoms. The number of methoxy groups -OCH3 is 2. The average Bonchev–Trinajstić information content (AvgIpc) is 3.03. The first-order valence-corrected chi connectivity index (χ1v) is 9.12. The van der Waals surface area contributed by atoms with E-state index in [1.807, 2.05) is 22.9 Å². The molecule has 0 saturated heterocycles. The second kappa shape index (κ2) is 9.24. The Balaban J connectivity index is 0.00000225. The highest BCUT2D eigenvalue weighted by Gasteiger charge is 2.20. The molecule has 8 heteroatoms. The topological polar surface area (TPSA) is 61.5 Å². The minimum atomic E-state index is 0. The van der Waals surface area contributed by atoms with Crippen LogP contribution in [0.1, 0.15) is 37.6 Å². The van der Waals surface area contributed by atoms with Crippen molar-refractivity contribution in [1.29, 1.82) is 0 Å². The number of aromatic nitrogens is 3. The normalized spacial score (nSPS) is 12.8. The number of fused-ring (bicyclic) bond motifs is 1. The van der Waals surface area contributed by atoms with Crippen molar-refractivity contribution in [2.75, 3.05) is 20.0 Å². The van der Waals surface area contributed by atoms with Crippen LogP contribution in [0.25, 0.3) is 0 Å². The Morgan fingerprint density at radius 1 is 1.12 bits per heavy atom. The quantitative estimate of drug-likeness (QED) is 0.626.